The smallest absolute Gasteiger partial charge is 0.407 e. The number of hydrogen-bond donors (Lipinski definition) is 3. The van der Waals surface area contributed by atoms with Crippen molar-refractivity contribution in [3.8, 4) is 0 Å². The van der Waals surface area contributed by atoms with Gasteiger partial charge in [-0.1, -0.05) is 12.8 Å². The van der Waals surface area contributed by atoms with Crippen LogP contribution in [0.1, 0.15) is 47.0 Å². The lowest BCUT2D eigenvalue weighted by Gasteiger charge is -2.27. The van der Waals surface area contributed by atoms with E-state index in [0.29, 0.717) is 6.54 Å². The predicted octanol–water partition coefficient (Wildman–Crippen LogP) is 1.62. The van der Waals surface area contributed by atoms with Gasteiger partial charge >= 0.3 is 6.09 Å². The second-order valence-corrected chi connectivity index (χ2v) is 6.46. The molecule has 112 valence electrons. The molecular weight excluding hydrogens is 242 g/mol. The molecule has 0 saturated heterocycles. The molecule has 2 unspecified atom stereocenters. The minimum Gasteiger partial charge on any atom is -0.444 e. The largest absolute Gasteiger partial charge is 0.444 e. The monoisotopic (exact) mass is 271 g/mol. The van der Waals surface area contributed by atoms with Gasteiger partial charge in [0.15, 0.2) is 0 Å². The number of ether oxygens (including phenoxy) is 1. The van der Waals surface area contributed by atoms with Crippen LogP contribution in [0, 0.1) is 5.92 Å². The Labute approximate surface area is 116 Å². The van der Waals surface area contributed by atoms with Crippen LogP contribution in [0.25, 0.3) is 0 Å². The number of hydrogen-bond acceptors (Lipinski definition) is 4. The van der Waals surface area contributed by atoms with E-state index in [4.69, 9.17) is 10.5 Å². The van der Waals surface area contributed by atoms with Crippen LogP contribution < -0.4 is 16.4 Å². The average molecular weight is 271 g/mol. The van der Waals surface area contributed by atoms with Gasteiger partial charge in [0.2, 0.25) is 0 Å². The fourth-order valence-electron chi connectivity index (χ4n) is 1.94. The molecule has 4 N–H and O–H groups in total. The molecule has 2 atom stereocenters. The van der Waals surface area contributed by atoms with Crippen LogP contribution in [0.2, 0.25) is 0 Å². The van der Waals surface area contributed by atoms with Gasteiger partial charge in [0.1, 0.15) is 5.60 Å². The first kappa shape index (κ1) is 16.2. The zero-order valence-electron chi connectivity index (χ0n) is 12.7. The Morgan fingerprint density at radius 2 is 2.05 bits per heavy atom. The van der Waals surface area contributed by atoms with E-state index in [9.17, 15) is 4.79 Å². The Morgan fingerprint density at radius 1 is 1.42 bits per heavy atom. The molecule has 0 spiro atoms. The lowest BCUT2D eigenvalue weighted by atomic mass is 10.1. The van der Waals surface area contributed by atoms with Gasteiger partial charge in [-0.2, -0.15) is 0 Å². The van der Waals surface area contributed by atoms with E-state index in [0.717, 1.165) is 12.5 Å². The minimum atomic E-state index is -0.471. The summed E-state index contributed by atoms with van der Waals surface area (Å²) < 4.78 is 5.24. The third-order valence-electron chi connectivity index (χ3n) is 3.26. The second kappa shape index (κ2) is 7.10. The zero-order chi connectivity index (χ0) is 14.5. The fourth-order valence-corrected chi connectivity index (χ4v) is 1.94. The molecule has 1 rings (SSSR count). The number of carbonyl (C=O) groups is 1. The zero-order valence-corrected chi connectivity index (χ0v) is 12.7. The minimum absolute atomic E-state index is 0.0425. The van der Waals surface area contributed by atoms with Crippen molar-refractivity contribution in [3.05, 3.63) is 0 Å². The van der Waals surface area contributed by atoms with E-state index in [1.807, 2.05) is 27.7 Å². The van der Waals surface area contributed by atoms with E-state index in [1.165, 1.54) is 19.3 Å². The Balaban J connectivity index is 2.26. The van der Waals surface area contributed by atoms with Gasteiger partial charge in [0.05, 0.1) is 0 Å². The van der Waals surface area contributed by atoms with Gasteiger partial charge in [-0.25, -0.2) is 4.79 Å². The van der Waals surface area contributed by atoms with Gasteiger partial charge in [-0.3, -0.25) is 0 Å². The fraction of sp³-hybridized carbons (Fsp3) is 0.929. The van der Waals surface area contributed by atoms with E-state index in [-0.39, 0.29) is 18.2 Å². The summed E-state index contributed by atoms with van der Waals surface area (Å²) in [6.07, 6.45) is 3.54. The molecule has 5 heteroatoms. The summed E-state index contributed by atoms with van der Waals surface area (Å²) in [5.74, 6) is 0.903. The van der Waals surface area contributed by atoms with Crippen LogP contribution in [0.4, 0.5) is 4.79 Å². The summed E-state index contributed by atoms with van der Waals surface area (Å²) in [5, 5.41) is 6.25. The maximum atomic E-state index is 11.7. The summed E-state index contributed by atoms with van der Waals surface area (Å²) in [4.78, 5) is 11.7. The predicted molar refractivity (Wildman–Crippen MR) is 77.0 cm³/mol. The number of alkyl carbamates (subject to hydrolysis) is 1. The normalized spacial score (nSPS) is 18.8. The van der Waals surface area contributed by atoms with Gasteiger partial charge in [0.25, 0.3) is 0 Å². The SMILES string of the molecule is CC(NC(=O)OC(C)(C)C)C(CN)NCCC1CC1. The molecule has 0 aromatic heterocycles. The molecule has 1 amide bonds. The number of rotatable bonds is 7. The van der Waals surface area contributed by atoms with Crippen LogP contribution in [0.3, 0.4) is 0 Å². The Morgan fingerprint density at radius 3 is 2.53 bits per heavy atom. The highest BCUT2D eigenvalue weighted by Gasteiger charge is 2.23. The Kier molecular flexibility index (Phi) is 6.07. The number of nitrogens with one attached hydrogen (secondary N) is 2. The molecular formula is C14H29N3O2. The first-order chi connectivity index (χ1) is 8.81. The van der Waals surface area contributed by atoms with Crippen LogP contribution in [-0.2, 0) is 4.74 Å². The Hall–Kier alpha value is -0.810. The summed E-state index contributed by atoms with van der Waals surface area (Å²) in [6.45, 7) is 8.97. The van der Waals surface area contributed by atoms with Crippen molar-refractivity contribution >= 4 is 6.09 Å². The van der Waals surface area contributed by atoms with Crippen molar-refractivity contribution in [1.29, 1.82) is 0 Å². The first-order valence-electron chi connectivity index (χ1n) is 7.25. The van der Waals surface area contributed by atoms with Crippen molar-refractivity contribution in [2.45, 2.75) is 64.6 Å². The topological polar surface area (TPSA) is 76.4 Å². The average Bonchev–Trinajstić information content (AvgIpc) is 3.05. The van der Waals surface area contributed by atoms with Crippen molar-refractivity contribution in [2.75, 3.05) is 13.1 Å². The lowest BCUT2D eigenvalue weighted by Crippen LogP contribution is -2.53. The van der Waals surface area contributed by atoms with Crippen molar-refractivity contribution in [2.24, 2.45) is 11.7 Å². The Bertz CT molecular complexity index is 285. The summed E-state index contributed by atoms with van der Waals surface area (Å²) in [5.41, 5.74) is 5.28. The highest BCUT2D eigenvalue weighted by molar-refractivity contribution is 5.68. The van der Waals surface area contributed by atoms with Crippen LogP contribution in [-0.4, -0.2) is 36.9 Å². The van der Waals surface area contributed by atoms with Gasteiger partial charge < -0.3 is 21.1 Å². The highest BCUT2D eigenvalue weighted by atomic mass is 16.6. The van der Waals surface area contributed by atoms with Crippen molar-refractivity contribution in [3.63, 3.8) is 0 Å². The summed E-state index contributed by atoms with van der Waals surface area (Å²) in [7, 11) is 0. The molecule has 0 aromatic rings. The summed E-state index contributed by atoms with van der Waals surface area (Å²) >= 11 is 0. The quantitative estimate of drug-likeness (QED) is 0.657. The van der Waals surface area contributed by atoms with E-state index in [2.05, 4.69) is 10.6 Å². The molecule has 1 aliphatic rings. The molecule has 0 aliphatic heterocycles. The van der Waals surface area contributed by atoms with Crippen LogP contribution in [0.15, 0.2) is 0 Å². The van der Waals surface area contributed by atoms with Gasteiger partial charge in [-0.15, -0.1) is 0 Å². The van der Waals surface area contributed by atoms with Crippen molar-refractivity contribution < 1.29 is 9.53 Å². The van der Waals surface area contributed by atoms with Gasteiger partial charge in [-0.05, 0) is 46.6 Å². The molecule has 19 heavy (non-hydrogen) atoms. The maximum Gasteiger partial charge on any atom is 0.407 e. The molecule has 1 saturated carbocycles. The standard InChI is InChI=1S/C14H29N3O2/c1-10(17-13(18)19-14(2,3)4)12(9-15)16-8-7-11-5-6-11/h10-12,16H,5-9,15H2,1-4H3,(H,17,18). The number of amides is 1. The molecule has 1 fully saturated rings. The van der Waals surface area contributed by atoms with E-state index >= 15 is 0 Å². The number of carbonyl (C=O) groups excluding carboxylic acids is 1. The molecule has 0 aromatic carbocycles. The van der Waals surface area contributed by atoms with Crippen LogP contribution >= 0.6 is 0 Å². The third-order valence-corrected chi connectivity index (χ3v) is 3.26. The second-order valence-electron chi connectivity index (χ2n) is 6.46. The third kappa shape index (κ3) is 7.38. The van der Waals surface area contributed by atoms with Crippen molar-refractivity contribution in [1.82, 2.24) is 10.6 Å². The molecule has 5 nitrogen and oxygen atoms in total. The first-order valence-corrected chi connectivity index (χ1v) is 7.25. The molecule has 0 heterocycles. The van der Waals surface area contributed by atoms with E-state index in [1.54, 1.807) is 0 Å². The molecule has 1 aliphatic carbocycles. The summed E-state index contributed by atoms with van der Waals surface area (Å²) in [6, 6.07) is 0.0466. The lowest BCUT2D eigenvalue weighted by molar-refractivity contribution is 0.0498. The molecule has 0 bridgehead atoms. The molecule has 0 radical (unpaired) electrons. The van der Waals surface area contributed by atoms with E-state index < -0.39 is 5.60 Å². The maximum absolute atomic E-state index is 11.7. The van der Waals surface area contributed by atoms with Gasteiger partial charge in [0, 0.05) is 18.6 Å². The highest BCUT2D eigenvalue weighted by Crippen LogP contribution is 2.31. The number of nitrogens with two attached hydrogens (primary N) is 1. The van der Waals surface area contributed by atoms with Crippen LogP contribution in [0.5, 0.6) is 0 Å².